The lowest BCUT2D eigenvalue weighted by molar-refractivity contribution is 0.0694. The van der Waals surface area contributed by atoms with Gasteiger partial charge in [-0.2, -0.15) is 0 Å². The van der Waals surface area contributed by atoms with Gasteiger partial charge in [-0.1, -0.05) is 19.1 Å². The lowest BCUT2D eigenvalue weighted by atomic mass is 10.1. The number of furan rings is 1. The Kier molecular flexibility index (Phi) is 3.90. The van der Waals surface area contributed by atoms with Gasteiger partial charge in [-0.25, -0.2) is 9.18 Å². The van der Waals surface area contributed by atoms with Gasteiger partial charge >= 0.3 is 5.97 Å². The summed E-state index contributed by atoms with van der Waals surface area (Å²) >= 11 is 0. The van der Waals surface area contributed by atoms with Crippen LogP contribution in [0, 0.1) is 5.82 Å². The smallest absolute Gasteiger partial charge is 0.339 e. The Morgan fingerprint density at radius 3 is 2.78 bits per heavy atom. The molecular formula is C17H16FNO4. The molecule has 6 heteroatoms. The standard InChI is InChI=1S/C17H16FNO4/c1-2-14-12(17(21)22)8-15(23-14)16(20)19-13-7-11(13)9-4-3-5-10(18)6-9/h3-6,8,11,13H,2,7H2,1H3,(H,19,20)(H,21,22). The predicted octanol–water partition coefficient (Wildman–Crippen LogP) is 2.97. The summed E-state index contributed by atoms with van der Waals surface area (Å²) in [6.45, 7) is 1.76. The third-order valence-corrected chi connectivity index (χ3v) is 3.97. The van der Waals surface area contributed by atoms with Crippen LogP contribution in [0.5, 0.6) is 0 Å². The van der Waals surface area contributed by atoms with E-state index in [1.807, 2.05) is 6.07 Å². The highest BCUT2D eigenvalue weighted by atomic mass is 19.1. The second-order valence-electron chi connectivity index (χ2n) is 5.58. The summed E-state index contributed by atoms with van der Waals surface area (Å²) < 4.78 is 18.5. The summed E-state index contributed by atoms with van der Waals surface area (Å²) in [5.74, 6) is -1.52. The molecule has 23 heavy (non-hydrogen) atoms. The molecule has 3 rings (SSSR count). The van der Waals surface area contributed by atoms with Crippen molar-refractivity contribution in [3.8, 4) is 0 Å². The van der Waals surface area contributed by atoms with Gasteiger partial charge < -0.3 is 14.8 Å². The quantitative estimate of drug-likeness (QED) is 0.888. The number of carboxylic acids is 1. The molecule has 1 amide bonds. The zero-order valence-electron chi connectivity index (χ0n) is 12.5. The van der Waals surface area contributed by atoms with E-state index >= 15 is 0 Å². The summed E-state index contributed by atoms with van der Waals surface area (Å²) in [5, 5.41) is 11.9. The second kappa shape index (κ2) is 5.87. The van der Waals surface area contributed by atoms with Gasteiger partial charge in [-0.3, -0.25) is 4.79 Å². The molecule has 1 aromatic heterocycles. The molecule has 0 radical (unpaired) electrons. The monoisotopic (exact) mass is 317 g/mol. The number of aryl methyl sites for hydroxylation is 1. The first kappa shape index (κ1) is 15.3. The lowest BCUT2D eigenvalue weighted by Gasteiger charge is -2.03. The number of rotatable bonds is 5. The van der Waals surface area contributed by atoms with Gasteiger partial charge in [0.15, 0.2) is 5.76 Å². The maximum atomic E-state index is 13.2. The number of carbonyl (C=O) groups excluding carboxylic acids is 1. The maximum absolute atomic E-state index is 13.2. The molecule has 2 N–H and O–H groups in total. The van der Waals surface area contributed by atoms with Crippen molar-refractivity contribution in [2.24, 2.45) is 0 Å². The van der Waals surface area contributed by atoms with Crippen LogP contribution >= 0.6 is 0 Å². The molecule has 1 saturated carbocycles. The molecule has 120 valence electrons. The molecule has 1 fully saturated rings. The van der Waals surface area contributed by atoms with Gasteiger partial charge in [0, 0.05) is 24.4 Å². The van der Waals surface area contributed by atoms with E-state index in [2.05, 4.69) is 5.32 Å². The lowest BCUT2D eigenvalue weighted by Crippen LogP contribution is -2.26. The number of nitrogens with one attached hydrogen (secondary N) is 1. The topological polar surface area (TPSA) is 79.5 Å². The Hall–Kier alpha value is -2.63. The number of halogens is 1. The molecule has 1 aliphatic carbocycles. The van der Waals surface area contributed by atoms with Crippen LogP contribution in [0.4, 0.5) is 4.39 Å². The van der Waals surface area contributed by atoms with Crippen LogP contribution in [0.2, 0.25) is 0 Å². The average Bonchev–Trinajstić information content (AvgIpc) is 3.13. The molecule has 0 saturated heterocycles. The number of amides is 1. The fourth-order valence-corrected chi connectivity index (χ4v) is 2.68. The van der Waals surface area contributed by atoms with Gasteiger partial charge in [-0.15, -0.1) is 0 Å². The van der Waals surface area contributed by atoms with Crippen molar-refractivity contribution in [3.63, 3.8) is 0 Å². The Morgan fingerprint density at radius 1 is 1.39 bits per heavy atom. The van der Waals surface area contributed by atoms with Crippen molar-refractivity contribution in [3.05, 3.63) is 58.8 Å². The van der Waals surface area contributed by atoms with Gasteiger partial charge in [0.25, 0.3) is 5.91 Å². The van der Waals surface area contributed by atoms with Crippen molar-refractivity contribution in [1.82, 2.24) is 5.32 Å². The molecule has 1 aromatic carbocycles. The molecule has 0 spiro atoms. The first-order valence-corrected chi connectivity index (χ1v) is 7.42. The highest BCUT2D eigenvalue weighted by molar-refractivity contribution is 5.96. The summed E-state index contributed by atoms with van der Waals surface area (Å²) in [5.41, 5.74) is 0.852. The van der Waals surface area contributed by atoms with Crippen molar-refractivity contribution < 1.29 is 23.5 Å². The number of benzene rings is 1. The molecule has 1 heterocycles. The molecular weight excluding hydrogens is 301 g/mol. The fraction of sp³-hybridized carbons (Fsp3) is 0.294. The molecule has 0 bridgehead atoms. The van der Waals surface area contributed by atoms with Crippen LogP contribution in [-0.4, -0.2) is 23.0 Å². The Bertz CT molecular complexity index is 768. The number of hydrogen-bond acceptors (Lipinski definition) is 3. The molecule has 2 aromatic rings. The number of carboxylic acid groups (broad SMARTS) is 1. The fourth-order valence-electron chi connectivity index (χ4n) is 2.68. The average molecular weight is 317 g/mol. The van der Waals surface area contributed by atoms with Crippen LogP contribution in [-0.2, 0) is 6.42 Å². The zero-order chi connectivity index (χ0) is 16.6. The second-order valence-corrected chi connectivity index (χ2v) is 5.58. The van der Waals surface area contributed by atoms with Crippen molar-refractivity contribution in [1.29, 1.82) is 0 Å². The van der Waals surface area contributed by atoms with Crippen LogP contribution in [0.25, 0.3) is 0 Å². The predicted molar refractivity (Wildman–Crippen MR) is 80.1 cm³/mol. The SMILES string of the molecule is CCc1oc(C(=O)NC2CC2c2cccc(F)c2)cc1C(=O)O. The highest BCUT2D eigenvalue weighted by Crippen LogP contribution is 2.41. The largest absolute Gasteiger partial charge is 0.478 e. The number of carbonyl (C=O) groups is 2. The van der Waals surface area contributed by atoms with Crippen LogP contribution in [0.15, 0.2) is 34.7 Å². The van der Waals surface area contributed by atoms with E-state index in [1.165, 1.54) is 18.2 Å². The van der Waals surface area contributed by atoms with Crippen molar-refractivity contribution >= 4 is 11.9 Å². The summed E-state index contributed by atoms with van der Waals surface area (Å²) in [4.78, 5) is 23.3. The summed E-state index contributed by atoms with van der Waals surface area (Å²) in [7, 11) is 0. The van der Waals surface area contributed by atoms with E-state index in [1.54, 1.807) is 13.0 Å². The molecule has 2 atom stereocenters. The number of hydrogen-bond donors (Lipinski definition) is 2. The molecule has 1 aliphatic rings. The van der Waals surface area contributed by atoms with Crippen LogP contribution < -0.4 is 5.32 Å². The van der Waals surface area contributed by atoms with Crippen molar-refractivity contribution in [2.75, 3.05) is 0 Å². The summed E-state index contributed by atoms with van der Waals surface area (Å²) in [6, 6.07) is 7.46. The zero-order valence-corrected chi connectivity index (χ0v) is 12.5. The van der Waals surface area contributed by atoms with E-state index in [4.69, 9.17) is 9.52 Å². The number of aromatic carboxylic acids is 1. The third-order valence-electron chi connectivity index (χ3n) is 3.97. The van der Waals surface area contributed by atoms with E-state index in [0.717, 1.165) is 12.0 Å². The molecule has 0 aliphatic heterocycles. The van der Waals surface area contributed by atoms with Gasteiger partial charge in [0.05, 0.1) is 0 Å². The first-order chi connectivity index (χ1) is 11.0. The van der Waals surface area contributed by atoms with Gasteiger partial charge in [-0.05, 0) is 24.1 Å². The molecule has 5 nitrogen and oxygen atoms in total. The summed E-state index contributed by atoms with van der Waals surface area (Å²) in [6.07, 6.45) is 1.12. The van der Waals surface area contributed by atoms with Gasteiger partial charge in [0.2, 0.25) is 0 Å². The van der Waals surface area contributed by atoms with Crippen LogP contribution in [0.3, 0.4) is 0 Å². The Morgan fingerprint density at radius 2 is 2.17 bits per heavy atom. The minimum absolute atomic E-state index is 0.00938. The minimum atomic E-state index is -1.12. The van der Waals surface area contributed by atoms with E-state index < -0.39 is 11.9 Å². The maximum Gasteiger partial charge on any atom is 0.339 e. The van der Waals surface area contributed by atoms with Crippen LogP contribution in [0.1, 0.15) is 51.5 Å². The Balaban J connectivity index is 1.68. The normalized spacial score (nSPS) is 19.4. The van der Waals surface area contributed by atoms with Crippen molar-refractivity contribution in [2.45, 2.75) is 31.7 Å². The van der Waals surface area contributed by atoms with E-state index in [-0.39, 0.29) is 34.9 Å². The third kappa shape index (κ3) is 3.11. The molecule has 2 unspecified atom stereocenters. The van der Waals surface area contributed by atoms with Gasteiger partial charge in [0.1, 0.15) is 17.1 Å². The first-order valence-electron chi connectivity index (χ1n) is 7.42. The highest BCUT2D eigenvalue weighted by Gasteiger charge is 2.40. The van der Waals surface area contributed by atoms with E-state index in [0.29, 0.717) is 6.42 Å². The van der Waals surface area contributed by atoms with E-state index in [9.17, 15) is 14.0 Å². The minimum Gasteiger partial charge on any atom is -0.478 e. The Labute approximate surface area is 132 Å².